The van der Waals surface area contributed by atoms with Crippen LogP contribution in [0, 0.1) is 11.6 Å². The van der Waals surface area contributed by atoms with Crippen LogP contribution < -0.4 is 0 Å². The van der Waals surface area contributed by atoms with Crippen LogP contribution in [0.15, 0.2) is 17.0 Å². The second-order valence-electron chi connectivity index (χ2n) is 2.35. The first-order chi connectivity index (χ1) is 6.43. The maximum atomic E-state index is 12.7. The Labute approximate surface area is 78.7 Å². The SMILES string of the molecule is O=C(O)c1cc([SH](=O)=O)c(F)cc1F. The van der Waals surface area contributed by atoms with Crippen molar-refractivity contribution in [1.29, 1.82) is 0 Å². The first-order valence-corrected chi connectivity index (χ1v) is 4.48. The fraction of sp³-hybridized carbons (Fsp3) is 0. The summed E-state index contributed by atoms with van der Waals surface area (Å²) in [6, 6.07) is 0.669. The van der Waals surface area contributed by atoms with Crippen LogP contribution in [-0.2, 0) is 10.7 Å². The third kappa shape index (κ3) is 1.87. The standard InChI is InChI=1S/C7H4F2O4S/c8-4-2-5(9)6(14(12)13)1-3(4)7(10)11/h1-2,14H,(H,10,11). The molecule has 0 spiro atoms. The number of halogens is 2. The highest BCUT2D eigenvalue weighted by molar-refractivity contribution is 7.72. The minimum atomic E-state index is -3.27. The lowest BCUT2D eigenvalue weighted by molar-refractivity contribution is 0.0691. The number of carboxylic acids is 1. The van der Waals surface area contributed by atoms with E-state index in [0.29, 0.717) is 6.07 Å². The van der Waals surface area contributed by atoms with E-state index in [4.69, 9.17) is 5.11 Å². The fourth-order valence-corrected chi connectivity index (χ4v) is 1.31. The van der Waals surface area contributed by atoms with Crippen molar-refractivity contribution < 1.29 is 27.1 Å². The summed E-state index contributed by atoms with van der Waals surface area (Å²) in [6.45, 7) is 0. The fourth-order valence-electron chi connectivity index (χ4n) is 0.841. The number of aromatic carboxylic acids is 1. The summed E-state index contributed by atoms with van der Waals surface area (Å²) >= 11 is 0. The molecule has 0 aliphatic carbocycles. The molecule has 1 rings (SSSR count). The van der Waals surface area contributed by atoms with Gasteiger partial charge in [-0.1, -0.05) is 0 Å². The Hall–Kier alpha value is -1.50. The summed E-state index contributed by atoms with van der Waals surface area (Å²) < 4.78 is 46.2. The summed E-state index contributed by atoms with van der Waals surface area (Å²) in [6.07, 6.45) is 0. The molecule has 0 unspecified atom stereocenters. The molecule has 1 aromatic carbocycles. The lowest BCUT2D eigenvalue weighted by Gasteiger charge is -1.99. The molecule has 0 aliphatic rings. The van der Waals surface area contributed by atoms with Gasteiger partial charge in [0.1, 0.15) is 16.5 Å². The number of hydrogen-bond acceptors (Lipinski definition) is 3. The van der Waals surface area contributed by atoms with Crippen LogP contribution in [-0.4, -0.2) is 19.5 Å². The van der Waals surface area contributed by atoms with E-state index in [1.807, 2.05) is 0 Å². The van der Waals surface area contributed by atoms with Crippen molar-refractivity contribution in [2.24, 2.45) is 0 Å². The van der Waals surface area contributed by atoms with Crippen LogP contribution >= 0.6 is 0 Å². The Morgan fingerprint density at radius 1 is 1.21 bits per heavy atom. The molecule has 4 nitrogen and oxygen atoms in total. The van der Waals surface area contributed by atoms with Crippen molar-refractivity contribution in [3.8, 4) is 0 Å². The highest BCUT2D eigenvalue weighted by Crippen LogP contribution is 2.15. The van der Waals surface area contributed by atoms with Gasteiger partial charge in [-0.15, -0.1) is 0 Å². The monoisotopic (exact) mass is 222 g/mol. The Bertz CT molecular complexity index is 459. The van der Waals surface area contributed by atoms with E-state index in [2.05, 4.69) is 0 Å². The number of rotatable bonds is 2. The van der Waals surface area contributed by atoms with Gasteiger partial charge in [-0.2, -0.15) is 0 Å². The molecule has 0 amide bonds. The summed E-state index contributed by atoms with van der Waals surface area (Å²) in [4.78, 5) is 9.51. The van der Waals surface area contributed by atoms with Crippen molar-refractivity contribution >= 4 is 16.7 Å². The van der Waals surface area contributed by atoms with Gasteiger partial charge in [-0.25, -0.2) is 22.0 Å². The minimum absolute atomic E-state index is 0.226. The molecule has 0 saturated carbocycles. The Balaban J connectivity index is 3.50. The van der Waals surface area contributed by atoms with Crippen molar-refractivity contribution in [3.05, 3.63) is 29.3 Å². The minimum Gasteiger partial charge on any atom is -0.478 e. The third-order valence-electron chi connectivity index (χ3n) is 1.46. The van der Waals surface area contributed by atoms with Gasteiger partial charge < -0.3 is 5.11 Å². The molecular weight excluding hydrogens is 218 g/mol. The van der Waals surface area contributed by atoms with Gasteiger partial charge in [0.2, 0.25) is 0 Å². The van der Waals surface area contributed by atoms with Crippen LogP contribution in [0.25, 0.3) is 0 Å². The number of hydrogen-bond donors (Lipinski definition) is 2. The smallest absolute Gasteiger partial charge is 0.338 e. The molecule has 76 valence electrons. The van der Waals surface area contributed by atoms with Gasteiger partial charge >= 0.3 is 5.97 Å². The zero-order valence-electron chi connectivity index (χ0n) is 6.53. The third-order valence-corrected chi connectivity index (χ3v) is 2.20. The average molecular weight is 222 g/mol. The number of carboxylic acid groups (broad SMARTS) is 1. The summed E-state index contributed by atoms with van der Waals surface area (Å²) in [7, 11) is -3.27. The number of benzene rings is 1. The molecule has 0 fully saturated rings. The van der Waals surface area contributed by atoms with Crippen molar-refractivity contribution in [3.63, 3.8) is 0 Å². The normalized spacial score (nSPS) is 10.5. The van der Waals surface area contributed by atoms with E-state index in [1.165, 1.54) is 0 Å². The van der Waals surface area contributed by atoms with Crippen LogP contribution in [0.5, 0.6) is 0 Å². The molecule has 14 heavy (non-hydrogen) atoms. The first-order valence-electron chi connectivity index (χ1n) is 3.30. The van der Waals surface area contributed by atoms with Gasteiger partial charge in [0, 0.05) is 6.07 Å². The first kappa shape index (κ1) is 10.6. The number of thiol groups is 1. The van der Waals surface area contributed by atoms with Gasteiger partial charge in [0.15, 0.2) is 10.7 Å². The van der Waals surface area contributed by atoms with Crippen molar-refractivity contribution in [2.75, 3.05) is 0 Å². The lowest BCUT2D eigenvalue weighted by atomic mass is 10.2. The molecule has 0 saturated heterocycles. The maximum Gasteiger partial charge on any atom is 0.338 e. The van der Waals surface area contributed by atoms with Crippen molar-refractivity contribution in [2.45, 2.75) is 4.90 Å². The Kier molecular flexibility index (Phi) is 2.80. The van der Waals surface area contributed by atoms with Gasteiger partial charge in [0.05, 0.1) is 5.56 Å². The van der Waals surface area contributed by atoms with E-state index in [9.17, 15) is 22.0 Å². The average Bonchev–Trinajstić information content (AvgIpc) is 2.02. The molecule has 1 aromatic rings. The largest absolute Gasteiger partial charge is 0.478 e. The lowest BCUT2D eigenvalue weighted by Crippen LogP contribution is -2.03. The van der Waals surface area contributed by atoms with E-state index in [-0.39, 0.29) is 6.07 Å². The molecule has 0 heterocycles. The summed E-state index contributed by atoms with van der Waals surface area (Å²) in [5, 5.41) is 8.40. The molecular formula is C7H4F2O4S. The predicted octanol–water partition coefficient (Wildman–Crippen LogP) is 0.633. The predicted molar refractivity (Wildman–Crippen MR) is 41.9 cm³/mol. The Morgan fingerprint density at radius 3 is 2.21 bits per heavy atom. The molecule has 7 heteroatoms. The van der Waals surface area contributed by atoms with Gasteiger partial charge in [0.25, 0.3) is 0 Å². The quantitative estimate of drug-likeness (QED) is 0.720. The molecule has 0 bridgehead atoms. The Morgan fingerprint density at radius 2 is 1.79 bits per heavy atom. The van der Waals surface area contributed by atoms with Crippen LogP contribution in [0.2, 0.25) is 0 Å². The summed E-state index contributed by atoms with van der Waals surface area (Å²) in [5.74, 6) is -4.26. The van der Waals surface area contributed by atoms with Gasteiger partial charge in [-0.3, -0.25) is 0 Å². The van der Waals surface area contributed by atoms with Crippen LogP contribution in [0.3, 0.4) is 0 Å². The summed E-state index contributed by atoms with van der Waals surface area (Å²) in [5.41, 5.74) is -0.874. The van der Waals surface area contributed by atoms with Gasteiger partial charge in [-0.05, 0) is 6.07 Å². The molecule has 1 N–H and O–H groups in total. The molecule has 0 aliphatic heterocycles. The van der Waals surface area contributed by atoms with E-state index < -0.39 is 38.8 Å². The zero-order chi connectivity index (χ0) is 10.9. The van der Waals surface area contributed by atoms with Crippen LogP contribution in [0.1, 0.15) is 10.4 Å². The topological polar surface area (TPSA) is 71.4 Å². The second-order valence-corrected chi connectivity index (χ2v) is 3.34. The molecule has 0 atom stereocenters. The van der Waals surface area contributed by atoms with E-state index in [1.54, 1.807) is 0 Å². The number of carbonyl (C=O) groups is 1. The second kappa shape index (κ2) is 3.70. The van der Waals surface area contributed by atoms with E-state index in [0.717, 1.165) is 0 Å². The van der Waals surface area contributed by atoms with Crippen molar-refractivity contribution in [1.82, 2.24) is 0 Å². The zero-order valence-corrected chi connectivity index (χ0v) is 7.42. The maximum absolute atomic E-state index is 12.7. The van der Waals surface area contributed by atoms with Crippen LogP contribution in [0.4, 0.5) is 8.78 Å². The van der Waals surface area contributed by atoms with E-state index >= 15 is 0 Å². The highest BCUT2D eigenvalue weighted by atomic mass is 32.2. The highest BCUT2D eigenvalue weighted by Gasteiger charge is 2.16. The molecule has 0 aromatic heterocycles. The molecule has 0 radical (unpaired) electrons.